The molecule has 10 heteroatoms. The Morgan fingerprint density at radius 3 is 2.39 bits per heavy atom. The highest BCUT2D eigenvalue weighted by Crippen LogP contribution is 2.20. The molecule has 1 aliphatic heterocycles. The normalized spacial score (nSPS) is 17.1. The molecule has 0 saturated carbocycles. The number of likely N-dealkylation sites (tertiary alicyclic amines) is 1. The van der Waals surface area contributed by atoms with Gasteiger partial charge in [0.05, 0.1) is 4.90 Å². The minimum atomic E-state index is -3.82. The van der Waals surface area contributed by atoms with Crippen molar-refractivity contribution in [1.82, 2.24) is 15.8 Å². The molecule has 1 aromatic carbocycles. The Labute approximate surface area is 164 Å². The maximum Gasteiger partial charge on any atom is 0.410 e. The van der Waals surface area contributed by atoms with Crippen LogP contribution in [0.5, 0.6) is 0 Å². The summed E-state index contributed by atoms with van der Waals surface area (Å²) in [5.41, 5.74) is 3.60. The van der Waals surface area contributed by atoms with E-state index >= 15 is 0 Å². The molecule has 0 aliphatic carbocycles. The summed E-state index contributed by atoms with van der Waals surface area (Å²) in [4.78, 5) is 37.8. The number of sulfone groups is 1. The fraction of sp³-hybridized carbons (Fsp3) is 0.500. The standard InChI is InChI=1S/C18H25N3O6S/c1-18(2,3)27-17(24)21-11-7-10-14(21)16(23)20-19-15(22)12-28(25,26)13-8-5-4-6-9-13/h4-6,8-9,14H,7,10-12H2,1-3H3,(H,19,22)(H,20,23). The van der Waals surface area contributed by atoms with Gasteiger partial charge in [0.15, 0.2) is 9.84 Å². The Bertz CT molecular complexity index is 833. The Kier molecular flexibility index (Phi) is 6.65. The van der Waals surface area contributed by atoms with Gasteiger partial charge in [-0.15, -0.1) is 0 Å². The lowest BCUT2D eigenvalue weighted by atomic mass is 10.2. The zero-order chi connectivity index (χ0) is 20.9. The number of hydrogen-bond acceptors (Lipinski definition) is 6. The van der Waals surface area contributed by atoms with Crippen molar-refractivity contribution in [3.8, 4) is 0 Å². The first-order valence-electron chi connectivity index (χ1n) is 8.86. The van der Waals surface area contributed by atoms with E-state index in [1.54, 1.807) is 39.0 Å². The molecule has 1 atom stereocenters. The summed E-state index contributed by atoms with van der Waals surface area (Å²) in [6.45, 7) is 5.54. The Morgan fingerprint density at radius 1 is 1.14 bits per heavy atom. The van der Waals surface area contributed by atoms with Crippen LogP contribution in [0.25, 0.3) is 0 Å². The first-order valence-corrected chi connectivity index (χ1v) is 10.5. The molecule has 0 radical (unpaired) electrons. The van der Waals surface area contributed by atoms with Crippen LogP contribution in [-0.2, 0) is 24.2 Å². The summed E-state index contributed by atoms with van der Waals surface area (Å²) in [5, 5.41) is 0. The number of ether oxygens (including phenoxy) is 1. The number of nitrogens with one attached hydrogen (secondary N) is 2. The van der Waals surface area contributed by atoms with Crippen LogP contribution in [0, 0.1) is 0 Å². The summed E-state index contributed by atoms with van der Waals surface area (Å²) in [6, 6.07) is 6.75. The molecular formula is C18H25N3O6S. The zero-order valence-electron chi connectivity index (χ0n) is 16.1. The van der Waals surface area contributed by atoms with Gasteiger partial charge in [0.2, 0.25) is 0 Å². The van der Waals surface area contributed by atoms with Gasteiger partial charge >= 0.3 is 6.09 Å². The summed E-state index contributed by atoms with van der Waals surface area (Å²) in [5.74, 6) is -2.29. The van der Waals surface area contributed by atoms with Gasteiger partial charge in [0.1, 0.15) is 17.4 Å². The number of carbonyl (C=O) groups is 3. The van der Waals surface area contributed by atoms with Crippen LogP contribution in [0.15, 0.2) is 35.2 Å². The van der Waals surface area contributed by atoms with Crippen LogP contribution >= 0.6 is 0 Å². The lowest BCUT2D eigenvalue weighted by molar-refractivity contribution is -0.130. The maximum atomic E-state index is 12.3. The van der Waals surface area contributed by atoms with Crippen LogP contribution in [0.1, 0.15) is 33.6 Å². The van der Waals surface area contributed by atoms with Gasteiger partial charge in [-0.2, -0.15) is 0 Å². The van der Waals surface area contributed by atoms with Gasteiger partial charge in [0, 0.05) is 6.54 Å². The van der Waals surface area contributed by atoms with Crippen LogP contribution in [0.4, 0.5) is 4.79 Å². The molecule has 1 aromatic rings. The molecular weight excluding hydrogens is 386 g/mol. The second-order valence-electron chi connectivity index (χ2n) is 7.44. The Balaban J connectivity index is 1.90. The smallest absolute Gasteiger partial charge is 0.410 e. The lowest BCUT2D eigenvalue weighted by Crippen LogP contribution is -2.53. The predicted octanol–water partition coefficient (Wildman–Crippen LogP) is 1.01. The fourth-order valence-electron chi connectivity index (χ4n) is 2.71. The number of rotatable bonds is 4. The Morgan fingerprint density at radius 2 is 1.79 bits per heavy atom. The second-order valence-corrected chi connectivity index (χ2v) is 9.43. The van der Waals surface area contributed by atoms with E-state index in [1.807, 2.05) is 0 Å². The van der Waals surface area contributed by atoms with E-state index in [0.717, 1.165) is 0 Å². The van der Waals surface area contributed by atoms with Gasteiger partial charge in [-0.05, 0) is 45.7 Å². The average molecular weight is 411 g/mol. The zero-order valence-corrected chi connectivity index (χ0v) is 16.9. The molecule has 1 aliphatic rings. The summed E-state index contributed by atoms with van der Waals surface area (Å²) in [6.07, 6.45) is 0.430. The van der Waals surface area contributed by atoms with E-state index in [9.17, 15) is 22.8 Å². The first-order chi connectivity index (χ1) is 13.0. The van der Waals surface area contributed by atoms with Crippen LogP contribution in [0.2, 0.25) is 0 Å². The number of carbonyl (C=O) groups excluding carboxylic acids is 3. The third kappa shape index (κ3) is 5.95. The van der Waals surface area contributed by atoms with Crippen molar-refractivity contribution in [1.29, 1.82) is 0 Å². The Hall–Kier alpha value is -2.62. The number of nitrogens with zero attached hydrogens (tertiary/aromatic N) is 1. The topological polar surface area (TPSA) is 122 Å². The molecule has 3 amide bonds. The molecule has 2 rings (SSSR count). The molecule has 1 heterocycles. The van der Waals surface area contributed by atoms with E-state index in [2.05, 4.69) is 10.9 Å². The van der Waals surface area contributed by atoms with E-state index in [4.69, 9.17) is 4.74 Å². The number of hydrogen-bond donors (Lipinski definition) is 2. The second kappa shape index (κ2) is 8.59. The number of amides is 3. The van der Waals surface area contributed by atoms with Crippen LogP contribution < -0.4 is 10.9 Å². The highest BCUT2D eigenvalue weighted by molar-refractivity contribution is 7.92. The number of benzene rings is 1. The van der Waals surface area contributed by atoms with Gasteiger partial charge < -0.3 is 4.74 Å². The summed E-state index contributed by atoms with van der Waals surface area (Å²) >= 11 is 0. The van der Waals surface area contributed by atoms with Crippen molar-refractivity contribution >= 4 is 27.7 Å². The van der Waals surface area contributed by atoms with Crippen LogP contribution in [0.3, 0.4) is 0 Å². The molecule has 28 heavy (non-hydrogen) atoms. The summed E-state index contributed by atoms with van der Waals surface area (Å²) < 4.78 is 29.6. The molecule has 0 spiro atoms. The largest absolute Gasteiger partial charge is 0.444 e. The molecule has 0 bridgehead atoms. The third-order valence-corrected chi connectivity index (χ3v) is 5.56. The lowest BCUT2D eigenvalue weighted by Gasteiger charge is -2.28. The molecule has 2 N–H and O–H groups in total. The molecule has 1 unspecified atom stereocenters. The van der Waals surface area contributed by atoms with Crippen molar-refractivity contribution in [2.24, 2.45) is 0 Å². The quantitative estimate of drug-likeness (QED) is 0.713. The average Bonchev–Trinajstić information content (AvgIpc) is 3.08. The van der Waals surface area contributed by atoms with Crippen molar-refractivity contribution in [2.75, 3.05) is 12.3 Å². The van der Waals surface area contributed by atoms with Crippen LogP contribution in [-0.4, -0.2) is 55.2 Å². The van der Waals surface area contributed by atoms with Crippen molar-refractivity contribution in [2.45, 2.75) is 50.2 Å². The molecule has 0 aromatic heterocycles. The van der Waals surface area contributed by atoms with Gasteiger partial charge in [-0.25, -0.2) is 13.2 Å². The maximum absolute atomic E-state index is 12.3. The fourth-order valence-corrected chi connectivity index (χ4v) is 3.87. The van der Waals surface area contributed by atoms with Gasteiger partial charge in [-0.1, -0.05) is 18.2 Å². The monoisotopic (exact) mass is 411 g/mol. The molecule has 154 valence electrons. The SMILES string of the molecule is CC(C)(C)OC(=O)N1CCCC1C(=O)NNC(=O)CS(=O)(=O)c1ccccc1. The van der Waals surface area contributed by atoms with Crippen molar-refractivity contribution in [3.05, 3.63) is 30.3 Å². The van der Waals surface area contributed by atoms with Gasteiger partial charge in [-0.3, -0.25) is 25.3 Å². The summed E-state index contributed by atoms with van der Waals surface area (Å²) in [7, 11) is -3.82. The molecule has 9 nitrogen and oxygen atoms in total. The van der Waals surface area contributed by atoms with Gasteiger partial charge in [0.25, 0.3) is 11.8 Å². The van der Waals surface area contributed by atoms with Crippen molar-refractivity contribution < 1.29 is 27.5 Å². The van der Waals surface area contributed by atoms with E-state index in [1.165, 1.54) is 17.0 Å². The highest BCUT2D eigenvalue weighted by atomic mass is 32.2. The third-order valence-electron chi connectivity index (χ3n) is 3.93. The molecule has 1 fully saturated rings. The van der Waals surface area contributed by atoms with E-state index < -0.39 is 45.1 Å². The number of hydrazine groups is 1. The first kappa shape index (κ1) is 21.7. The minimum Gasteiger partial charge on any atom is -0.444 e. The predicted molar refractivity (Wildman–Crippen MR) is 101 cm³/mol. The molecule has 1 saturated heterocycles. The van der Waals surface area contributed by atoms with E-state index in [-0.39, 0.29) is 4.90 Å². The highest BCUT2D eigenvalue weighted by Gasteiger charge is 2.36. The van der Waals surface area contributed by atoms with Crippen molar-refractivity contribution in [3.63, 3.8) is 0 Å². The minimum absolute atomic E-state index is 0.0170. The van der Waals surface area contributed by atoms with E-state index in [0.29, 0.717) is 19.4 Å².